The third-order valence-corrected chi connectivity index (χ3v) is 5.55. The highest BCUT2D eigenvalue weighted by atomic mass is 28.4. The molecule has 1 aromatic rings. The topological polar surface area (TPSA) is 53.7 Å². The van der Waals surface area contributed by atoms with Gasteiger partial charge < -0.3 is 19.0 Å². The first kappa shape index (κ1) is 15.1. The lowest BCUT2D eigenvalue weighted by Gasteiger charge is -2.27. The summed E-state index contributed by atoms with van der Waals surface area (Å²) in [4.78, 5) is 0. The average Bonchev–Trinajstić information content (AvgIpc) is 2.43. The maximum absolute atomic E-state index is 5.66. The summed E-state index contributed by atoms with van der Waals surface area (Å²) < 4.78 is 16.5. The van der Waals surface area contributed by atoms with Crippen LogP contribution in [0.25, 0.3) is 6.08 Å². The van der Waals surface area contributed by atoms with Gasteiger partial charge in [-0.15, -0.1) is 0 Å². The molecule has 0 aliphatic rings. The van der Waals surface area contributed by atoms with E-state index in [0.717, 1.165) is 10.8 Å². The maximum atomic E-state index is 5.66. The maximum Gasteiger partial charge on any atom is 0.532 e. The minimum atomic E-state index is -2.77. The first-order chi connectivity index (χ1) is 8.72. The van der Waals surface area contributed by atoms with Crippen LogP contribution in [0.1, 0.15) is 12.0 Å². The number of nitrogens with two attached hydrogens (primary N) is 1. The third kappa shape index (κ3) is 3.50. The summed E-state index contributed by atoms with van der Waals surface area (Å²) in [5.74, 6) is 0. The number of hydrogen-bond donors (Lipinski definition) is 1. The molecular formula is C13H21NO3Si. The second kappa shape index (κ2) is 7.45. The monoisotopic (exact) mass is 267 g/mol. The van der Waals surface area contributed by atoms with Crippen LogP contribution >= 0.6 is 0 Å². The summed E-state index contributed by atoms with van der Waals surface area (Å²) in [7, 11) is 2.05. The van der Waals surface area contributed by atoms with Crippen LogP contribution in [-0.2, 0) is 13.3 Å². The van der Waals surface area contributed by atoms with Crippen molar-refractivity contribution < 1.29 is 13.3 Å². The molecule has 5 heteroatoms. The molecule has 1 rings (SSSR count). The predicted molar refractivity (Wildman–Crippen MR) is 74.9 cm³/mol. The van der Waals surface area contributed by atoms with Crippen molar-refractivity contribution in [2.24, 2.45) is 5.73 Å². The highest BCUT2D eigenvalue weighted by Crippen LogP contribution is 2.23. The molecule has 0 atom stereocenters. The largest absolute Gasteiger partial charge is 0.532 e. The Morgan fingerprint density at radius 3 is 2.11 bits per heavy atom. The van der Waals surface area contributed by atoms with Gasteiger partial charge in [0.05, 0.1) is 0 Å². The van der Waals surface area contributed by atoms with Crippen LogP contribution in [0.3, 0.4) is 0 Å². The number of rotatable bonds is 7. The van der Waals surface area contributed by atoms with E-state index in [1.165, 1.54) is 0 Å². The predicted octanol–water partition coefficient (Wildman–Crippen LogP) is 1.84. The molecular weight excluding hydrogens is 246 g/mol. The van der Waals surface area contributed by atoms with Gasteiger partial charge in [-0.2, -0.15) is 0 Å². The summed E-state index contributed by atoms with van der Waals surface area (Å²) in [6, 6.07) is 10.0. The summed E-state index contributed by atoms with van der Waals surface area (Å²) in [5, 5.41) is 0.990. The molecule has 0 aliphatic carbocycles. The smallest absolute Gasteiger partial charge is 0.374 e. The Morgan fingerprint density at radius 1 is 1.11 bits per heavy atom. The molecule has 0 aromatic heterocycles. The standard InChI is InChI=1S/C13H21NO3Si/c1-15-18(16-2,17-3)13(9-10-14)11-12-7-5-4-6-8-12/h4-8,11H,9-10,14H2,1-3H3. The molecule has 0 unspecified atom stereocenters. The zero-order valence-electron chi connectivity index (χ0n) is 11.2. The fourth-order valence-electron chi connectivity index (χ4n) is 1.86. The van der Waals surface area contributed by atoms with Crippen LogP contribution in [-0.4, -0.2) is 36.7 Å². The van der Waals surface area contributed by atoms with E-state index in [9.17, 15) is 0 Å². The highest BCUT2D eigenvalue weighted by Gasteiger charge is 2.42. The van der Waals surface area contributed by atoms with E-state index in [0.29, 0.717) is 13.0 Å². The van der Waals surface area contributed by atoms with Crippen molar-refractivity contribution in [2.45, 2.75) is 6.42 Å². The lowest BCUT2D eigenvalue weighted by Crippen LogP contribution is -2.46. The quantitative estimate of drug-likeness (QED) is 0.766. The molecule has 1 aromatic carbocycles. The summed E-state index contributed by atoms with van der Waals surface area (Å²) in [6.45, 7) is 0.531. The van der Waals surface area contributed by atoms with Gasteiger partial charge in [-0.25, -0.2) is 0 Å². The minimum Gasteiger partial charge on any atom is -0.374 e. The van der Waals surface area contributed by atoms with E-state index in [1.807, 2.05) is 36.4 Å². The molecule has 0 fully saturated rings. The fourth-order valence-corrected chi connectivity index (χ4v) is 3.94. The van der Waals surface area contributed by atoms with Gasteiger partial charge in [-0.05, 0) is 18.5 Å². The lowest BCUT2D eigenvalue weighted by atomic mass is 10.2. The van der Waals surface area contributed by atoms with Gasteiger partial charge in [0.1, 0.15) is 0 Å². The van der Waals surface area contributed by atoms with Crippen molar-refractivity contribution in [2.75, 3.05) is 27.9 Å². The van der Waals surface area contributed by atoms with E-state index >= 15 is 0 Å². The van der Waals surface area contributed by atoms with E-state index in [2.05, 4.69) is 0 Å². The third-order valence-electron chi connectivity index (χ3n) is 2.75. The van der Waals surface area contributed by atoms with E-state index in [4.69, 9.17) is 19.0 Å². The second-order valence-electron chi connectivity index (χ2n) is 3.79. The Morgan fingerprint density at radius 2 is 1.67 bits per heavy atom. The summed E-state index contributed by atoms with van der Waals surface area (Å²) in [6.07, 6.45) is 2.73. The van der Waals surface area contributed by atoms with Crippen molar-refractivity contribution in [3.05, 3.63) is 41.1 Å². The van der Waals surface area contributed by atoms with Crippen LogP contribution in [0.4, 0.5) is 0 Å². The van der Waals surface area contributed by atoms with Gasteiger partial charge in [0, 0.05) is 26.5 Å². The lowest BCUT2D eigenvalue weighted by molar-refractivity contribution is 0.134. The molecule has 0 spiro atoms. The summed E-state index contributed by atoms with van der Waals surface area (Å²) >= 11 is 0. The molecule has 0 aliphatic heterocycles. The minimum absolute atomic E-state index is 0.531. The first-order valence-corrected chi connectivity index (χ1v) is 7.56. The van der Waals surface area contributed by atoms with Gasteiger partial charge >= 0.3 is 8.80 Å². The van der Waals surface area contributed by atoms with E-state index in [-0.39, 0.29) is 0 Å². The van der Waals surface area contributed by atoms with Crippen LogP contribution < -0.4 is 5.73 Å². The van der Waals surface area contributed by atoms with Crippen LogP contribution in [0.5, 0.6) is 0 Å². The molecule has 0 saturated heterocycles. The van der Waals surface area contributed by atoms with Gasteiger partial charge in [0.2, 0.25) is 0 Å². The SMILES string of the molecule is CO[Si](OC)(OC)C(=Cc1ccccc1)CCN. The Hall–Kier alpha value is -0.983. The Bertz CT molecular complexity index is 369. The van der Waals surface area contributed by atoms with Gasteiger partial charge in [-0.1, -0.05) is 36.4 Å². The number of hydrogen-bond acceptors (Lipinski definition) is 4. The van der Waals surface area contributed by atoms with Crippen LogP contribution in [0.15, 0.2) is 35.5 Å². The highest BCUT2D eigenvalue weighted by molar-refractivity contribution is 6.69. The molecule has 18 heavy (non-hydrogen) atoms. The zero-order valence-corrected chi connectivity index (χ0v) is 12.2. The van der Waals surface area contributed by atoms with Crippen molar-refractivity contribution >= 4 is 14.9 Å². The molecule has 100 valence electrons. The van der Waals surface area contributed by atoms with E-state index < -0.39 is 8.80 Å². The molecule has 4 nitrogen and oxygen atoms in total. The molecule has 0 saturated carbocycles. The van der Waals surface area contributed by atoms with Crippen LogP contribution in [0, 0.1) is 0 Å². The number of benzene rings is 1. The Balaban J connectivity index is 3.12. The van der Waals surface area contributed by atoms with Gasteiger partial charge in [0.15, 0.2) is 0 Å². The van der Waals surface area contributed by atoms with Crippen molar-refractivity contribution in [1.29, 1.82) is 0 Å². The normalized spacial score (nSPS) is 12.8. The average molecular weight is 267 g/mol. The Labute approximate surface area is 110 Å². The molecule has 0 amide bonds. The van der Waals surface area contributed by atoms with Gasteiger partial charge in [-0.3, -0.25) is 0 Å². The second-order valence-corrected chi connectivity index (χ2v) is 6.77. The van der Waals surface area contributed by atoms with Gasteiger partial charge in [0.25, 0.3) is 0 Å². The van der Waals surface area contributed by atoms with Crippen LogP contribution in [0.2, 0.25) is 0 Å². The molecule has 0 heterocycles. The summed E-state index contributed by atoms with van der Waals surface area (Å²) in [5.41, 5.74) is 6.75. The van der Waals surface area contributed by atoms with E-state index in [1.54, 1.807) is 21.3 Å². The van der Waals surface area contributed by atoms with Crippen molar-refractivity contribution in [3.8, 4) is 0 Å². The molecule has 0 radical (unpaired) electrons. The zero-order chi connectivity index (χ0) is 13.4. The molecule has 2 N–H and O–H groups in total. The fraction of sp³-hybridized carbons (Fsp3) is 0.385. The van der Waals surface area contributed by atoms with Crippen molar-refractivity contribution in [3.63, 3.8) is 0 Å². The molecule has 0 bridgehead atoms. The van der Waals surface area contributed by atoms with Crippen molar-refractivity contribution in [1.82, 2.24) is 0 Å². The Kier molecular flexibility index (Phi) is 6.24. The first-order valence-electron chi connectivity index (χ1n) is 5.84.